The molecule has 6 N–H and O–H groups in total. The van der Waals surface area contributed by atoms with Crippen LogP contribution in [0.15, 0.2) is 146 Å². The lowest BCUT2D eigenvalue weighted by atomic mass is 10.0. The monoisotopic (exact) mass is 1020 g/mol. The van der Waals surface area contributed by atoms with E-state index in [1.54, 1.807) is 0 Å². The number of carbonyl (C=O) groups excluding carboxylic acids is 4. The zero-order chi connectivity index (χ0) is 52.3. The molecule has 392 valence electrons. The Hall–Kier alpha value is -7.94. The quantitative estimate of drug-likeness (QED) is 0.0288. The highest BCUT2D eigenvalue weighted by Gasteiger charge is 2.17. The van der Waals surface area contributed by atoms with Crippen LogP contribution in [-0.4, -0.2) is 122 Å². The molecule has 0 bridgehead atoms. The van der Waals surface area contributed by atoms with Gasteiger partial charge in [-0.2, -0.15) is 0 Å². The number of piperazine rings is 1. The molecule has 14 heteroatoms. The third-order valence-electron chi connectivity index (χ3n) is 14.1. The smallest absolute Gasteiger partial charge is 0.220 e. The minimum absolute atomic E-state index is 0.105. The molecule has 6 aromatic carbocycles. The molecule has 9 rings (SSSR count). The second-order valence-electron chi connectivity index (χ2n) is 19.6. The van der Waals surface area contributed by atoms with E-state index in [-0.39, 0.29) is 49.3 Å². The van der Waals surface area contributed by atoms with Gasteiger partial charge in [-0.1, -0.05) is 109 Å². The summed E-state index contributed by atoms with van der Waals surface area (Å²) in [4.78, 5) is 64.9. The Bertz CT molecular complexity index is 3050. The van der Waals surface area contributed by atoms with Crippen molar-refractivity contribution in [1.82, 2.24) is 41.0 Å². The normalized spacial score (nSPS) is 12.9. The first-order valence-electron chi connectivity index (χ1n) is 27.1. The van der Waals surface area contributed by atoms with Crippen molar-refractivity contribution >= 4 is 78.4 Å². The molecule has 4 amide bonds. The summed E-state index contributed by atoms with van der Waals surface area (Å²) in [5.74, 6) is -0.454. The molecule has 0 unspecified atom stereocenters. The van der Waals surface area contributed by atoms with Crippen LogP contribution >= 0.6 is 0 Å². The molecule has 1 aliphatic heterocycles. The first kappa shape index (κ1) is 52.9. The van der Waals surface area contributed by atoms with Gasteiger partial charge in [0.2, 0.25) is 23.6 Å². The van der Waals surface area contributed by atoms with Crippen molar-refractivity contribution in [2.45, 2.75) is 51.4 Å². The number of pyridine rings is 2. The van der Waals surface area contributed by atoms with Gasteiger partial charge in [0.05, 0.1) is 22.4 Å². The van der Waals surface area contributed by atoms with E-state index in [0.29, 0.717) is 39.3 Å². The number of nitrogens with one attached hydrogen (secondary N) is 6. The van der Waals surface area contributed by atoms with E-state index in [1.807, 2.05) is 60.7 Å². The van der Waals surface area contributed by atoms with Gasteiger partial charge in [-0.3, -0.25) is 19.2 Å². The molecule has 8 aromatic rings. The Morgan fingerprint density at radius 1 is 0.382 bits per heavy atom. The van der Waals surface area contributed by atoms with Crippen LogP contribution in [0.5, 0.6) is 0 Å². The summed E-state index contributed by atoms with van der Waals surface area (Å²) >= 11 is 0. The van der Waals surface area contributed by atoms with E-state index in [0.717, 1.165) is 121 Å². The van der Waals surface area contributed by atoms with E-state index >= 15 is 0 Å². The fourth-order valence-electron chi connectivity index (χ4n) is 9.82. The maximum atomic E-state index is 12.6. The summed E-state index contributed by atoms with van der Waals surface area (Å²) in [6.07, 6.45) is 3.82. The van der Waals surface area contributed by atoms with Gasteiger partial charge in [-0.25, -0.2) is 9.97 Å². The van der Waals surface area contributed by atoms with Gasteiger partial charge < -0.3 is 41.7 Å². The number of amides is 4. The number of para-hydroxylation sites is 2. The van der Waals surface area contributed by atoms with Gasteiger partial charge in [0.15, 0.2) is 0 Å². The maximum absolute atomic E-state index is 12.6. The van der Waals surface area contributed by atoms with Crippen LogP contribution in [-0.2, 0) is 19.2 Å². The third-order valence-corrected chi connectivity index (χ3v) is 14.1. The SMILES string of the molecule is O=C(CCC(=O)NCCCN1CCN(CCCNC(=O)CCC(=O)NCCCNc2cc(-c3ccc4ccccc4c3)nc3ccccc23)CC1)NCCCNc1cc(-c2ccc3ccccc3c2)nc2ccccc12. The molecule has 2 aromatic heterocycles. The summed E-state index contributed by atoms with van der Waals surface area (Å²) in [6, 6.07) is 49.9. The maximum Gasteiger partial charge on any atom is 0.220 e. The second-order valence-corrected chi connectivity index (χ2v) is 19.6. The average Bonchev–Trinajstić information content (AvgIpc) is 3.46. The molecule has 3 heterocycles. The molecule has 0 radical (unpaired) electrons. The Labute approximate surface area is 445 Å². The second kappa shape index (κ2) is 27.0. The largest absolute Gasteiger partial charge is 0.384 e. The summed E-state index contributed by atoms with van der Waals surface area (Å²) in [5, 5.41) is 25.8. The minimum atomic E-state index is -0.122. The molecule has 0 aliphatic carbocycles. The van der Waals surface area contributed by atoms with Crippen molar-refractivity contribution in [2.24, 2.45) is 0 Å². The van der Waals surface area contributed by atoms with Crippen molar-refractivity contribution in [3.05, 3.63) is 146 Å². The van der Waals surface area contributed by atoms with Crippen molar-refractivity contribution in [2.75, 3.05) is 89.2 Å². The van der Waals surface area contributed by atoms with Crippen molar-refractivity contribution in [3.8, 4) is 22.5 Å². The highest BCUT2D eigenvalue weighted by atomic mass is 16.2. The van der Waals surface area contributed by atoms with E-state index in [4.69, 9.17) is 9.97 Å². The topological polar surface area (TPSA) is 173 Å². The van der Waals surface area contributed by atoms with E-state index in [9.17, 15) is 19.2 Å². The molecule has 1 aliphatic rings. The first-order chi connectivity index (χ1) is 37.3. The van der Waals surface area contributed by atoms with Gasteiger partial charge in [0, 0.05) is 124 Å². The summed E-state index contributed by atoms with van der Waals surface area (Å²) in [6.45, 7) is 9.19. The molecule has 0 atom stereocenters. The number of carbonyl (C=O) groups is 4. The van der Waals surface area contributed by atoms with Crippen LogP contribution < -0.4 is 31.9 Å². The summed E-state index contributed by atoms with van der Waals surface area (Å²) in [5.41, 5.74) is 7.79. The van der Waals surface area contributed by atoms with Crippen LogP contribution in [0.2, 0.25) is 0 Å². The highest BCUT2D eigenvalue weighted by molar-refractivity contribution is 5.96. The number of anilines is 2. The van der Waals surface area contributed by atoms with Crippen LogP contribution in [0.3, 0.4) is 0 Å². The van der Waals surface area contributed by atoms with Crippen LogP contribution in [0.1, 0.15) is 51.4 Å². The molecular weight excluding hydrogens is 949 g/mol. The molecule has 1 saturated heterocycles. The fraction of sp³-hybridized carbons (Fsp3) is 0.323. The van der Waals surface area contributed by atoms with Gasteiger partial charge in [0.1, 0.15) is 0 Å². The van der Waals surface area contributed by atoms with Crippen LogP contribution in [0.4, 0.5) is 11.4 Å². The van der Waals surface area contributed by atoms with Crippen LogP contribution in [0.25, 0.3) is 65.9 Å². The Kier molecular flexibility index (Phi) is 18.8. The van der Waals surface area contributed by atoms with Gasteiger partial charge in [-0.15, -0.1) is 0 Å². The summed E-state index contributed by atoms with van der Waals surface area (Å²) < 4.78 is 0. The fourth-order valence-corrected chi connectivity index (χ4v) is 9.82. The van der Waals surface area contributed by atoms with Gasteiger partial charge in [-0.05, 0) is 96.7 Å². The number of benzene rings is 6. The molecule has 0 saturated carbocycles. The standard InChI is InChI=1S/C62H70N10O4/c73-59(65-31-9-29-63-57-43-55(69-53-19-7-5-17-51(53)57)49-23-21-45-13-1-3-15-47(45)41-49)25-27-61(75)67-33-11-35-71-37-39-72(40-38-71)36-12-34-68-62(76)28-26-60(74)66-32-10-30-64-58-44-56(70-54-20-8-6-18-52(54)58)50-24-22-46-14-2-4-16-48(46)42-50/h1-8,13-24,41-44H,9-12,25-40H2,(H,63,69)(H,64,70)(H,65,73)(H,66,74)(H,67,75)(H,68,76). The lowest BCUT2D eigenvalue weighted by molar-refractivity contribution is -0.126. The van der Waals surface area contributed by atoms with E-state index in [2.05, 4.69) is 127 Å². The average molecular weight is 1020 g/mol. The number of fused-ring (bicyclic) bond motifs is 4. The van der Waals surface area contributed by atoms with Crippen molar-refractivity contribution in [1.29, 1.82) is 0 Å². The first-order valence-corrected chi connectivity index (χ1v) is 27.1. The molecular formula is C62H70N10O4. The number of aromatic nitrogens is 2. The Morgan fingerprint density at radius 2 is 0.737 bits per heavy atom. The van der Waals surface area contributed by atoms with E-state index < -0.39 is 0 Å². The Balaban J connectivity index is 0.566. The predicted molar refractivity (Wildman–Crippen MR) is 308 cm³/mol. The number of hydrogen-bond donors (Lipinski definition) is 6. The zero-order valence-corrected chi connectivity index (χ0v) is 43.4. The number of rotatable bonds is 26. The molecule has 76 heavy (non-hydrogen) atoms. The highest BCUT2D eigenvalue weighted by Crippen LogP contribution is 2.32. The lowest BCUT2D eigenvalue weighted by Crippen LogP contribution is -2.47. The molecule has 0 spiro atoms. The molecule has 14 nitrogen and oxygen atoms in total. The Morgan fingerprint density at radius 3 is 1.14 bits per heavy atom. The zero-order valence-electron chi connectivity index (χ0n) is 43.4. The minimum Gasteiger partial charge on any atom is -0.384 e. The lowest BCUT2D eigenvalue weighted by Gasteiger charge is -2.34. The number of nitrogens with zero attached hydrogens (tertiary/aromatic N) is 4. The predicted octanol–water partition coefficient (Wildman–Crippen LogP) is 9.15. The van der Waals surface area contributed by atoms with Crippen molar-refractivity contribution in [3.63, 3.8) is 0 Å². The summed E-state index contributed by atoms with van der Waals surface area (Å²) in [7, 11) is 0. The number of hydrogen-bond acceptors (Lipinski definition) is 10. The van der Waals surface area contributed by atoms with Crippen LogP contribution in [0, 0.1) is 0 Å². The van der Waals surface area contributed by atoms with Crippen molar-refractivity contribution < 1.29 is 19.2 Å². The third kappa shape index (κ3) is 15.1. The van der Waals surface area contributed by atoms with E-state index in [1.165, 1.54) is 21.5 Å². The van der Waals surface area contributed by atoms with Gasteiger partial charge in [0.25, 0.3) is 0 Å². The van der Waals surface area contributed by atoms with Gasteiger partial charge >= 0.3 is 0 Å². The molecule has 1 fully saturated rings.